The molecule has 1 aromatic carbocycles. The summed E-state index contributed by atoms with van der Waals surface area (Å²) in [6.07, 6.45) is 1.16. The number of benzene rings is 1. The van der Waals surface area contributed by atoms with Crippen LogP contribution >= 0.6 is 35.3 Å². The highest BCUT2D eigenvalue weighted by Gasteiger charge is 2.20. The fraction of sp³-hybridized carbons (Fsp3) is 0.412. The molecule has 0 aliphatic rings. The molecule has 0 nitrogen and oxygen atoms in total. The summed E-state index contributed by atoms with van der Waals surface area (Å²) in [5.74, 6) is 0.705. The van der Waals surface area contributed by atoms with Crippen molar-refractivity contribution in [1.29, 1.82) is 0 Å². The van der Waals surface area contributed by atoms with E-state index in [1.54, 1.807) is 0 Å². The third-order valence-electron chi connectivity index (χ3n) is 3.45. The second kappa shape index (κ2) is 5.04. The Morgan fingerprint density at radius 2 is 1.85 bits per heavy atom. The van der Waals surface area contributed by atoms with Gasteiger partial charge in [0.15, 0.2) is 0 Å². The molecule has 2 aromatic heterocycles. The first-order valence-electron chi connectivity index (χ1n) is 7.02. The molecule has 0 saturated heterocycles. The lowest BCUT2D eigenvalue weighted by atomic mass is 10.0. The van der Waals surface area contributed by atoms with Crippen LogP contribution in [0.15, 0.2) is 24.3 Å². The van der Waals surface area contributed by atoms with Crippen LogP contribution in [0, 0.1) is 5.92 Å². The molecule has 0 N–H and O–H groups in total. The summed E-state index contributed by atoms with van der Waals surface area (Å²) < 4.78 is 4.20. The first-order chi connectivity index (χ1) is 9.34. The quantitative estimate of drug-likeness (QED) is 0.525. The predicted octanol–water partition coefficient (Wildman–Crippen LogP) is 6.48. The van der Waals surface area contributed by atoms with E-state index in [1.807, 2.05) is 22.7 Å². The first-order valence-corrected chi connectivity index (χ1v) is 9.10. The second-order valence-electron chi connectivity index (χ2n) is 6.39. The first kappa shape index (κ1) is 14.4. The van der Waals surface area contributed by atoms with E-state index in [9.17, 15) is 0 Å². The Kier molecular flexibility index (Phi) is 3.64. The lowest BCUT2D eigenvalue weighted by molar-refractivity contribution is 0.648. The van der Waals surface area contributed by atoms with Gasteiger partial charge in [0.2, 0.25) is 0 Å². The van der Waals surface area contributed by atoms with Crippen LogP contribution in [0.2, 0.25) is 0 Å². The minimum Gasteiger partial charge on any atom is -0.167 e. The van der Waals surface area contributed by atoms with Crippen LogP contribution in [0.1, 0.15) is 38.1 Å². The van der Waals surface area contributed by atoms with Crippen molar-refractivity contribution in [1.82, 2.24) is 0 Å². The molecule has 0 bridgehead atoms. The number of rotatable bonds is 3. The maximum atomic E-state index is 4.70. The zero-order chi connectivity index (χ0) is 14.5. The topological polar surface area (TPSA) is 0 Å². The van der Waals surface area contributed by atoms with E-state index in [0.29, 0.717) is 5.92 Å². The smallest absolute Gasteiger partial charge is 0.0532 e. The van der Waals surface area contributed by atoms with Crippen LogP contribution in [-0.2, 0) is 11.2 Å². The van der Waals surface area contributed by atoms with Crippen LogP contribution in [0.4, 0.5) is 0 Å². The van der Waals surface area contributed by atoms with Crippen molar-refractivity contribution in [3.63, 3.8) is 0 Å². The fourth-order valence-corrected chi connectivity index (χ4v) is 5.20. The van der Waals surface area contributed by atoms with E-state index < -0.39 is 0 Å². The molecular formula is C17H20S3. The van der Waals surface area contributed by atoms with Gasteiger partial charge in [-0.3, -0.25) is 0 Å². The van der Waals surface area contributed by atoms with Crippen LogP contribution in [0.3, 0.4) is 0 Å². The van der Waals surface area contributed by atoms with Crippen molar-refractivity contribution in [3.8, 4) is 0 Å². The van der Waals surface area contributed by atoms with Gasteiger partial charge in [0.05, 0.1) is 4.70 Å². The van der Waals surface area contributed by atoms with Gasteiger partial charge in [-0.2, -0.15) is 12.6 Å². The van der Waals surface area contributed by atoms with Crippen LogP contribution in [0.5, 0.6) is 0 Å². The van der Waals surface area contributed by atoms with Crippen LogP contribution in [0.25, 0.3) is 19.5 Å². The van der Waals surface area contributed by atoms with E-state index in [-0.39, 0.29) is 4.75 Å². The highest BCUT2D eigenvalue weighted by molar-refractivity contribution is 7.81. The molecule has 0 radical (unpaired) electrons. The number of thiophene rings is 2. The van der Waals surface area contributed by atoms with Crippen molar-refractivity contribution in [2.45, 2.75) is 38.9 Å². The van der Waals surface area contributed by atoms with Crippen LogP contribution < -0.4 is 0 Å². The van der Waals surface area contributed by atoms with E-state index in [4.69, 9.17) is 12.6 Å². The normalized spacial score (nSPS) is 12.9. The standard InChI is InChI=1S/C17H20S3/c1-10(2)7-11-5-6-13-12(8-11)16-14(19-13)9-15(20-16)17(3,4)18/h5-6,8-10,18H,7H2,1-4H3. The number of fused-ring (bicyclic) bond motifs is 3. The highest BCUT2D eigenvalue weighted by atomic mass is 32.1. The molecule has 2 heterocycles. The molecule has 0 saturated carbocycles. The lowest BCUT2D eigenvalue weighted by Crippen LogP contribution is -2.03. The number of hydrogen-bond donors (Lipinski definition) is 1. The Bertz CT molecular complexity index is 754. The van der Waals surface area contributed by atoms with E-state index >= 15 is 0 Å². The Labute approximate surface area is 134 Å². The van der Waals surface area contributed by atoms with Gasteiger partial charge in [0.1, 0.15) is 0 Å². The molecule has 20 heavy (non-hydrogen) atoms. The Morgan fingerprint density at radius 1 is 1.10 bits per heavy atom. The molecule has 0 atom stereocenters. The monoisotopic (exact) mass is 320 g/mol. The summed E-state index contributed by atoms with van der Waals surface area (Å²) in [7, 11) is 0. The van der Waals surface area contributed by atoms with Crippen molar-refractivity contribution >= 4 is 54.8 Å². The predicted molar refractivity (Wildman–Crippen MR) is 97.8 cm³/mol. The minimum atomic E-state index is -0.0503. The van der Waals surface area contributed by atoms with Gasteiger partial charge < -0.3 is 0 Å². The van der Waals surface area contributed by atoms with Gasteiger partial charge in [-0.15, -0.1) is 22.7 Å². The molecule has 0 spiro atoms. The van der Waals surface area contributed by atoms with Gasteiger partial charge in [-0.1, -0.05) is 19.9 Å². The maximum Gasteiger partial charge on any atom is 0.0532 e. The van der Waals surface area contributed by atoms with Gasteiger partial charge in [0, 0.05) is 24.4 Å². The Balaban J connectivity index is 2.16. The summed E-state index contributed by atoms with van der Waals surface area (Å²) in [4.78, 5) is 1.36. The largest absolute Gasteiger partial charge is 0.167 e. The van der Waals surface area contributed by atoms with Crippen LogP contribution in [-0.4, -0.2) is 0 Å². The minimum absolute atomic E-state index is 0.0503. The molecule has 3 heteroatoms. The molecular weight excluding hydrogens is 300 g/mol. The summed E-state index contributed by atoms with van der Waals surface area (Å²) in [5.41, 5.74) is 1.45. The Morgan fingerprint density at radius 3 is 2.50 bits per heavy atom. The zero-order valence-electron chi connectivity index (χ0n) is 12.4. The van der Waals surface area contributed by atoms with Crippen molar-refractivity contribution in [2.75, 3.05) is 0 Å². The number of thiol groups is 1. The summed E-state index contributed by atoms with van der Waals surface area (Å²) in [6.45, 7) is 8.88. The highest BCUT2D eigenvalue weighted by Crippen LogP contribution is 2.44. The second-order valence-corrected chi connectivity index (χ2v) is 9.65. The molecule has 0 fully saturated rings. The van der Waals surface area contributed by atoms with Crippen molar-refractivity contribution in [2.24, 2.45) is 5.92 Å². The van der Waals surface area contributed by atoms with Gasteiger partial charge in [-0.25, -0.2) is 0 Å². The summed E-state index contributed by atoms with van der Waals surface area (Å²) in [5, 5.41) is 1.43. The number of hydrogen-bond acceptors (Lipinski definition) is 3. The van der Waals surface area contributed by atoms with Crippen molar-refractivity contribution < 1.29 is 0 Å². The van der Waals surface area contributed by atoms with Crippen molar-refractivity contribution in [3.05, 3.63) is 34.7 Å². The lowest BCUT2D eigenvalue weighted by Gasteiger charge is -2.14. The molecule has 0 aliphatic carbocycles. The molecule has 0 aliphatic heterocycles. The fourth-order valence-electron chi connectivity index (χ4n) is 2.50. The van der Waals surface area contributed by atoms with E-state index in [0.717, 1.165) is 6.42 Å². The van der Waals surface area contributed by atoms with E-state index in [1.165, 1.54) is 29.9 Å². The van der Waals surface area contributed by atoms with Gasteiger partial charge >= 0.3 is 0 Å². The average Bonchev–Trinajstić information content (AvgIpc) is 2.85. The van der Waals surface area contributed by atoms with Gasteiger partial charge in [-0.05, 0) is 49.9 Å². The molecule has 0 amide bonds. The third-order valence-corrected chi connectivity index (χ3v) is 6.58. The Hall–Kier alpha value is -0.510. The molecule has 3 aromatic rings. The van der Waals surface area contributed by atoms with E-state index in [2.05, 4.69) is 52.0 Å². The molecule has 106 valence electrons. The zero-order valence-corrected chi connectivity index (χ0v) is 14.9. The third kappa shape index (κ3) is 2.63. The average molecular weight is 321 g/mol. The molecule has 3 rings (SSSR count). The summed E-state index contributed by atoms with van der Waals surface area (Å²) in [6, 6.07) is 9.28. The SMILES string of the molecule is CC(C)Cc1ccc2sc3cc(C(C)(C)S)sc3c2c1. The van der Waals surface area contributed by atoms with Gasteiger partial charge in [0.25, 0.3) is 0 Å². The summed E-state index contributed by atoms with van der Waals surface area (Å²) >= 11 is 8.51. The molecule has 0 unspecified atom stereocenters. The maximum absolute atomic E-state index is 4.70.